The molecule has 0 saturated carbocycles. The fourth-order valence-electron chi connectivity index (χ4n) is 3.09. The van der Waals surface area contributed by atoms with Crippen molar-refractivity contribution in [1.29, 1.82) is 0 Å². The van der Waals surface area contributed by atoms with Crippen molar-refractivity contribution < 1.29 is 13.9 Å². The molecule has 1 aliphatic heterocycles. The molecule has 2 aromatic carbocycles. The van der Waals surface area contributed by atoms with Crippen LogP contribution >= 0.6 is 0 Å². The molecule has 0 radical (unpaired) electrons. The van der Waals surface area contributed by atoms with Gasteiger partial charge in [-0.1, -0.05) is 18.2 Å². The van der Waals surface area contributed by atoms with Gasteiger partial charge < -0.3 is 14.4 Å². The van der Waals surface area contributed by atoms with Crippen molar-refractivity contribution in [2.75, 3.05) is 18.5 Å². The second-order valence-electron chi connectivity index (χ2n) is 6.24. The molecule has 0 spiro atoms. The number of fused-ring (bicyclic) bond motifs is 1. The second-order valence-corrected chi connectivity index (χ2v) is 6.24. The molecule has 24 heavy (non-hydrogen) atoms. The Hall–Kier alpha value is -2.36. The van der Waals surface area contributed by atoms with E-state index in [-0.39, 0.29) is 5.82 Å². The Morgan fingerprint density at radius 1 is 1.25 bits per heavy atom. The Bertz CT molecular complexity index is 730. The zero-order chi connectivity index (χ0) is 16.9. The highest BCUT2D eigenvalue weighted by Gasteiger charge is 2.14. The summed E-state index contributed by atoms with van der Waals surface area (Å²) in [5.41, 5.74) is 4.26. The molecule has 0 amide bonds. The molecule has 126 valence electrons. The van der Waals surface area contributed by atoms with E-state index >= 15 is 0 Å². The molecule has 4 heteroatoms. The summed E-state index contributed by atoms with van der Waals surface area (Å²) in [5, 5.41) is 0. The standard InChI is InChI=1S/C20H22FNO2/c1-22-10-2-4-17-7-6-15(12-20(17)22)14-24-18-9-8-16(5-3-11-23)19(21)13-18/h6-9,11-13H,2-5,10,14H2,1H3. The Morgan fingerprint density at radius 2 is 2.12 bits per heavy atom. The van der Waals surface area contributed by atoms with Crippen molar-refractivity contribution in [3.05, 3.63) is 58.9 Å². The summed E-state index contributed by atoms with van der Waals surface area (Å²) >= 11 is 0. The summed E-state index contributed by atoms with van der Waals surface area (Å²) < 4.78 is 19.7. The van der Waals surface area contributed by atoms with Gasteiger partial charge in [0.1, 0.15) is 24.5 Å². The van der Waals surface area contributed by atoms with Gasteiger partial charge in [0, 0.05) is 31.8 Å². The first kappa shape index (κ1) is 16.5. The van der Waals surface area contributed by atoms with Crippen LogP contribution in [0.2, 0.25) is 0 Å². The number of anilines is 1. The van der Waals surface area contributed by atoms with Crippen LogP contribution in [0.4, 0.5) is 10.1 Å². The molecule has 0 aliphatic carbocycles. The van der Waals surface area contributed by atoms with Gasteiger partial charge in [-0.15, -0.1) is 0 Å². The van der Waals surface area contributed by atoms with E-state index in [1.165, 1.54) is 23.7 Å². The van der Waals surface area contributed by atoms with Gasteiger partial charge in [0.2, 0.25) is 0 Å². The average molecular weight is 327 g/mol. The third kappa shape index (κ3) is 3.75. The molecule has 0 bridgehead atoms. The third-order valence-corrected chi connectivity index (χ3v) is 4.46. The maximum atomic E-state index is 14.0. The van der Waals surface area contributed by atoms with Gasteiger partial charge in [0.05, 0.1) is 0 Å². The number of nitrogens with zero attached hydrogens (tertiary/aromatic N) is 1. The van der Waals surface area contributed by atoms with E-state index in [9.17, 15) is 9.18 Å². The zero-order valence-electron chi connectivity index (χ0n) is 13.9. The molecule has 0 fully saturated rings. The average Bonchev–Trinajstić information content (AvgIpc) is 2.60. The molecule has 0 N–H and O–H groups in total. The number of benzene rings is 2. The van der Waals surface area contributed by atoms with Gasteiger partial charge >= 0.3 is 0 Å². The molecular formula is C20H22FNO2. The van der Waals surface area contributed by atoms with Crippen LogP contribution < -0.4 is 9.64 Å². The van der Waals surface area contributed by atoms with E-state index < -0.39 is 0 Å². The SMILES string of the molecule is CN1CCCc2ccc(COc3ccc(CCC=O)c(F)c3)cc21. The lowest BCUT2D eigenvalue weighted by Crippen LogP contribution is -2.24. The summed E-state index contributed by atoms with van der Waals surface area (Å²) in [4.78, 5) is 12.7. The molecule has 1 aliphatic rings. The monoisotopic (exact) mass is 327 g/mol. The normalized spacial score (nSPS) is 13.5. The number of rotatable bonds is 6. The summed E-state index contributed by atoms with van der Waals surface area (Å²) in [6, 6.07) is 11.2. The van der Waals surface area contributed by atoms with E-state index in [4.69, 9.17) is 4.74 Å². The first-order valence-electron chi connectivity index (χ1n) is 8.35. The Morgan fingerprint density at radius 3 is 2.92 bits per heavy atom. The molecule has 0 atom stereocenters. The minimum atomic E-state index is -0.320. The largest absolute Gasteiger partial charge is 0.489 e. The minimum absolute atomic E-state index is 0.320. The highest BCUT2D eigenvalue weighted by atomic mass is 19.1. The van der Waals surface area contributed by atoms with Crippen LogP contribution in [0.15, 0.2) is 36.4 Å². The summed E-state index contributed by atoms with van der Waals surface area (Å²) in [6.45, 7) is 1.49. The molecule has 1 heterocycles. The topological polar surface area (TPSA) is 29.5 Å². The van der Waals surface area contributed by atoms with E-state index in [0.29, 0.717) is 30.8 Å². The van der Waals surface area contributed by atoms with Crippen LogP contribution in [0.25, 0.3) is 0 Å². The van der Waals surface area contributed by atoms with Gasteiger partial charge in [-0.3, -0.25) is 0 Å². The van der Waals surface area contributed by atoms with Crippen molar-refractivity contribution in [2.24, 2.45) is 0 Å². The Balaban J connectivity index is 1.66. The lowest BCUT2D eigenvalue weighted by Gasteiger charge is -2.28. The van der Waals surface area contributed by atoms with Crippen LogP contribution in [0.1, 0.15) is 29.5 Å². The summed E-state index contributed by atoms with van der Waals surface area (Å²) in [5.74, 6) is 0.188. The smallest absolute Gasteiger partial charge is 0.130 e. The van der Waals surface area contributed by atoms with E-state index in [1.54, 1.807) is 12.1 Å². The van der Waals surface area contributed by atoms with Gasteiger partial charge in [-0.05, 0) is 48.1 Å². The summed E-state index contributed by atoms with van der Waals surface area (Å²) in [7, 11) is 2.11. The number of halogens is 1. The van der Waals surface area contributed by atoms with Gasteiger partial charge in [-0.2, -0.15) is 0 Å². The van der Waals surface area contributed by atoms with Crippen LogP contribution in [0.3, 0.4) is 0 Å². The lowest BCUT2D eigenvalue weighted by molar-refractivity contribution is -0.107. The molecule has 3 nitrogen and oxygen atoms in total. The molecule has 0 aromatic heterocycles. The lowest BCUT2D eigenvalue weighted by atomic mass is 10.0. The predicted octanol–water partition coefficient (Wildman–Crippen LogP) is 3.92. The van der Waals surface area contributed by atoms with Crippen molar-refractivity contribution >= 4 is 12.0 Å². The molecule has 0 unspecified atom stereocenters. The van der Waals surface area contributed by atoms with E-state index in [2.05, 4.69) is 30.1 Å². The number of ether oxygens (including phenoxy) is 1. The first-order valence-corrected chi connectivity index (χ1v) is 8.35. The van der Waals surface area contributed by atoms with Gasteiger partial charge in [0.25, 0.3) is 0 Å². The van der Waals surface area contributed by atoms with Crippen molar-refractivity contribution in [3.63, 3.8) is 0 Å². The Labute approximate surface area is 142 Å². The molecular weight excluding hydrogens is 305 g/mol. The predicted molar refractivity (Wildman–Crippen MR) is 93.2 cm³/mol. The molecule has 0 saturated heterocycles. The van der Waals surface area contributed by atoms with Gasteiger partial charge in [0.15, 0.2) is 0 Å². The second kappa shape index (κ2) is 7.47. The maximum Gasteiger partial charge on any atom is 0.130 e. The quantitative estimate of drug-likeness (QED) is 0.753. The van der Waals surface area contributed by atoms with Crippen LogP contribution in [0, 0.1) is 5.82 Å². The van der Waals surface area contributed by atoms with Crippen molar-refractivity contribution in [2.45, 2.75) is 32.3 Å². The van der Waals surface area contributed by atoms with Crippen molar-refractivity contribution in [1.82, 2.24) is 0 Å². The highest BCUT2D eigenvalue weighted by molar-refractivity contribution is 5.56. The van der Waals surface area contributed by atoms with Crippen LogP contribution in [-0.2, 0) is 24.2 Å². The van der Waals surface area contributed by atoms with E-state index in [0.717, 1.165) is 24.8 Å². The van der Waals surface area contributed by atoms with Crippen LogP contribution in [-0.4, -0.2) is 19.9 Å². The number of carbonyl (C=O) groups excluding carboxylic acids is 1. The third-order valence-electron chi connectivity index (χ3n) is 4.46. The fourth-order valence-corrected chi connectivity index (χ4v) is 3.09. The van der Waals surface area contributed by atoms with Gasteiger partial charge in [-0.25, -0.2) is 4.39 Å². The van der Waals surface area contributed by atoms with Crippen LogP contribution in [0.5, 0.6) is 5.75 Å². The fraction of sp³-hybridized carbons (Fsp3) is 0.350. The van der Waals surface area contributed by atoms with E-state index in [1.807, 2.05) is 0 Å². The number of hydrogen-bond donors (Lipinski definition) is 0. The summed E-state index contributed by atoms with van der Waals surface area (Å²) in [6.07, 6.45) is 3.87. The number of aryl methyl sites for hydroxylation is 2. The van der Waals surface area contributed by atoms with Crippen molar-refractivity contribution in [3.8, 4) is 5.75 Å². The zero-order valence-corrected chi connectivity index (χ0v) is 13.9. The Kier molecular flexibility index (Phi) is 5.14. The molecule has 3 rings (SSSR count). The molecule has 2 aromatic rings. The number of carbonyl (C=O) groups is 1. The maximum absolute atomic E-state index is 14.0. The highest BCUT2D eigenvalue weighted by Crippen LogP contribution is 2.27. The number of hydrogen-bond acceptors (Lipinski definition) is 3. The first-order chi connectivity index (χ1) is 11.7. The minimum Gasteiger partial charge on any atom is -0.489 e. The number of aldehydes is 1.